The van der Waals surface area contributed by atoms with Crippen LogP contribution in [0.5, 0.6) is 5.75 Å². The SMILES string of the molecule is CCn1ncnc1[C@@H](NC(=O)c1cnn(-c2ccccc2OC)c1)C1CC1. The van der Waals surface area contributed by atoms with Crippen molar-refractivity contribution >= 4 is 5.91 Å². The van der Waals surface area contributed by atoms with Crippen LogP contribution in [0, 0.1) is 5.92 Å². The summed E-state index contributed by atoms with van der Waals surface area (Å²) >= 11 is 0. The first-order valence-corrected chi connectivity index (χ1v) is 9.08. The maximum absolute atomic E-state index is 12.8. The first-order valence-electron chi connectivity index (χ1n) is 9.08. The van der Waals surface area contributed by atoms with Gasteiger partial charge in [-0.15, -0.1) is 0 Å². The molecule has 27 heavy (non-hydrogen) atoms. The predicted molar refractivity (Wildman–Crippen MR) is 98.7 cm³/mol. The number of methoxy groups -OCH3 is 1. The van der Waals surface area contributed by atoms with Gasteiger partial charge in [0.15, 0.2) is 0 Å². The van der Waals surface area contributed by atoms with Crippen molar-refractivity contribution < 1.29 is 9.53 Å². The molecule has 1 N–H and O–H groups in total. The van der Waals surface area contributed by atoms with Crippen LogP contribution in [0.1, 0.15) is 42.0 Å². The fourth-order valence-corrected chi connectivity index (χ4v) is 3.20. The predicted octanol–water partition coefficient (Wildman–Crippen LogP) is 2.37. The second kappa shape index (κ2) is 7.22. The van der Waals surface area contributed by atoms with E-state index in [0.717, 1.165) is 30.9 Å². The molecule has 0 radical (unpaired) electrons. The smallest absolute Gasteiger partial charge is 0.255 e. The number of rotatable bonds is 7. The summed E-state index contributed by atoms with van der Waals surface area (Å²) < 4.78 is 8.85. The summed E-state index contributed by atoms with van der Waals surface area (Å²) in [5.41, 5.74) is 1.28. The third-order valence-electron chi connectivity index (χ3n) is 4.78. The number of carbonyl (C=O) groups excluding carboxylic acids is 1. The van der Waals surface area contributed by atoms with Crippen molar-refractivity contribution in [1.29, 1.82) is 0 Å². The molecule has 1 amide bonds. The molecule has 4 rings (SSSR count). The lowest BCUT2D eigenvalue weighted by molar-refractivity contribution is 0.0928. The number of ether oxygens (including phenoxy) is 1. The molecule has 3 aromatic rings. The average Bonchev–Trinajstić information content (AvgIpc) is 3.23. The topological polar surface area (TPSA) is 86.9 Å². The molecule has 2 heterocycles. The minimum atomic E-state index is -0.168. The molecular weight excluding hydrogens is 344 g/mol. The largest absolute Gasteiger partial charge is 0.494 e. The Balaban J connectivity index is 1.55. The van der Waals surface area contributed by atoms with E-state index in [2.05, 4.69) is 20.5 Å². The Morgan fingerprint density at radius 1 is 1.33 bits per heavy atom. The highest BCUT2D eigenvalue weighted by molar-refractivity contribution is 5.94. The van der Waals surface area contributed by atoms with Crippen LogP contribution in [0.2, 0.25) is 0 Å². The van der Waals surface area contributed by atoms with Gasteiger partial charge >= 0.3 is 0 Å². The van der Waals surface area contributed by atoms with E-state index in [0.29, 0.717) is 17.2 Å². The van der Waals surface area contributed by atoms with E-state index in [1.54, 1.807) is 30.5 Å². The minimum absolute atomic E-state index is 0.130. The molecule has 8 heteroatoms. The molecule has 1 atom stereocenters. The Bertz CT molecular complexity index is 943. The Morgan fingerprint density at radius 3 is 2.89 bits per heavy atom. The first-order chi connectivity index (χ1) is 13.2. The number of carbonyl (C=O) groups is 1. The third-order valence-corrected chi connectivity index (χ3v) is 4.78. The molecule has 0 unspecified atom stereocenters. The number of amides is 1. The van der Waals surface area contributed by atoms with Crippen LogP contribution in [0.4, 0.5) is 0 Å². The molecule has 0 bridgehead atoms. The molecule has 1 saturated carbocycles. The fraction of sp³-hybridized carbons (Fsp3) is 0.368. The van der Waals surface area contributed by atoms with Gasteiger partial charge in [0, 0.05) is 12.7 Å². The molecule has 0 saturated heterocycles. The van der Waals surface area contributed by atoms with Crippen LogP contribution in [0.3, 0.4) is 0 Å². The van der Waals surface area contributed by atoms with Crippen molar-refractivity contribution in [2.75, 3.05) is 7.11 Å². The van der Waals surface area contributed by atoms with Crippen molar-refractivity contribution in [1.82, 2.24) is 29.9 Å². The standard InChI is InChI=1S/C19H22N6O2/c1-3-24-18(20-12-22-24)17(13-8-9-13)23-19(26)14-10-21-25(11-14)15-6-4-5-7-16(15)27-2/h4-7,10-13,17H,3,8-9H2,1-2H3,(H,23,26)/t17-/m0/s1. The highest BCUT2D eigenvalue weighted by Crippen LogP contribution is 2.40. The Morgan fingerprint density at radius 2 is 2.15 bits per heavy atom. The number of para-hydroxylation sites is 2. The summed E-state index contributed by atoms with van der Waals surface area (Å²) in [4.78, 5) is 17.2. The summed E-state index contributed by atoms with van der Waals surface area (Å²) in [5.74, 6) is 1.75. The molecule has 1 aromatic carbocycles. The van der Waals surface area contributed by atoms with E-state index >= 15 is 0 Å². The number of hydrogen-bond donors (Lipinski definition) is 1. The van der Waals surface area contributed by atoms with Crippen LogP contribution < -0.4 is 10.1 Å². The van der Waals surface area contributed by atoms with Crippen LogP contribution in [0.25, 0.3) is 5.69 Å². The molecule has 1 aliphatic carbocycles. The zero-order valence-electron chi connectivity index (χ0n) is 15.4. The van der Waals surface area contributed by atoms with Gasteiger partial charge < -0.3 is 10.1 Å². The summed E-state index contributed by atoms with van der Waals surface area (Å²) in [6.07, 6.45) is 6.99. The lowest BCUT2D eigenvalue weighted by Crippen LogP contribution is -2.32. The van der Waals surface area contributed by atoms with Gasteiger partial charge in [-0.25, -0.2) is 14.3 Å². The number of hydrogen-bond acceptors (Lipinski definition) is 5. The van der Waals surface area contributed by atoms with Gasteiger partial charge in [-0.05, 0) is 37.8 Å². The van der Waals surface area contributed by atoms with Crippen molar-refractivity contribution in [3.05, 3.63) is 54.4 Å². The molecule has 8 nitrogen and oxygen atoms in total. The Kier molecular flexibility index (Phi) is 4.62. The molecule has 1 aliphatic rings. The average molecular weight is 366 g/mol. The van der Waals surface area contributed by atoms with Crippen molar-refractivity contribution in [3.63, 3.8) is 0 Å². The number of nitrogens with zero attached hydrogens (tertiary/aromatic N) is 5. The van der Waals surface area contributed by atoms with Crippen LogP contribution in [0.15, 0.2) is 43.0 Å². The first kappa shape index (κ1) is 17.3. The maximum atomic E-state index is 12.8. The molecule has 0 spiro atoms. The summed E-state index contributed by atoms with van der Waals surface area (Å²) in [6.45, 7) is 2.74. The van der Waals surface area contributed by atoms with Gasteiger partial charge in [0.1, 0.15) is 23.6 Å². The van der Waals surface area contributed by atoms with E-state index in [1.807, 2.05) is 35.9 Å². The lowest BCUT2D eigenvalue weighted by atomic mass is 10.1. The number of benzene rings is 1. The highest BCUT2D eigenvalue weighted by Gasteiger charge is 2.36. The van der Waals surface area contributed by atoms with Crippen LogP contribution >= 0.6 is 0 Å². The van der Waals surface area contributed by atoms with Gasteiger partial charge in [0.25, 0.3) is 5.91 Å². The van der Waals surface area contributed by atoms with Crippen LogP contribution in [-0.2, 0) is 6.54 Å². The summed E-state index contributed by atoms with van der Waals surface area (Å²) in [6, 6.07) is 7.42. The molecule has 0 aliphatic heterocycles. The van der Waals surface area contributed by atoms with Crippen molar-refractivity contribution in [2.45, 2.75) is 32.4 Å². The second-order valence-electron chi connectivity index (χ2n) is 6.57. The van der Waals surface area contributed by atoms with E-state index in [1.165, 1.54) is 0 Å². The van der Waals surface area contributed by atoms with Crippen LogP contribution in [-0.4, -0.2) is 37.6 Å². The van der Waals surface area contributed by atoms with Gasteiger partial charge in [-0.3, -0.25) is 4.79 Å². The van der Waals surface area contributed by atoms with Gasteiger partial charge in [-0.1, -0.05) is 12.1 Å². The third kappa shape index (κ3) is 3.42. The van der Waals surface area contributed by atoms with E-state index in [4.69, 9.17) is 4.74 Å². The van der Waals surface area contributed by atoms with E-state index in [-0.39, 0.29) is 11.9 Å². The van der Waals surface area contributed by atoms with Crippen molar-refractivity contribution in [3.8, 4) is 11.4 Å². The fourth-order valence-electron chi connectivity index (χ4n) is 3.20. The lowest BCUT2D eigenvalue weighted by Gasteiger charge is -2.17. The van der Waals surface area contributed by atoms with Gasteiger partial charge in [0.05, 0.1) is 24.9 Å². The summed E-state index contributed by atoms with van der Waals surface area (Å²) in [5, 5.41) is 11.7. The number of nitrogens with one attached hydrogen (secondary N) is 1. The normalized spacial score (nSPS) is 14.7. The maximum Gasteiger partial charge on any atom is 0.255 e. The molecule has 140 valence electrons. The molecular formula is C19H22N6O2. The number of aryl methyl sites for hydroxylation is 1. The van der Waals surface area contributed by atoms with E-state index in [9.17, 15) is 4.79 Å². The number of aromatic nitrogens is 5. The quantitative estimate of drug-likeness (QED) is 0.694. The zero-order chi connectivity index (χ0) is 18.8. The minimum Gasteiger partial charge on any atom is -0.494 e. The van der Waals surface area contributed by atoms with E-state index < -0.39 is 0 Å². The van der Waals surface area contributed by atoms with Gasteiger partial charge in [-0.2, -0.15) is 10.2 Å². The monoisotopic (exact) mass is 366 g/mol. The molecule has 2 aromatic heterocycles. The zero-order valence-corrected chi connectivity index (χ0v) is 15.4. The Hall–Kier alpha value is -3.16. The Labute approximate surface area is 157 Å². The highest BCUT2D eigenvalue weighted by atomic mass is 16.5. The van der Waals surface area contributed by atoms with Gasteiger partial charge in [0.2, 0.25) is 0 Å². The summed E-state index contributed by atoms with van der Waals surface area (Å²) in [7, 11) is 1.61. The van der Waals surface area contributed by atoms with Crippen molar-refractivity contribution in [2.24, 2.45) is 5.92 Å². The molecule has 1 fully saturated rings. The second-order valence-corrected chi connectivity index (χ2v) is 6.57.